The van der Waals surface area contributed by atoms with Gasteiger partial charge in [0.05, 0.1) is 24.9 Å². The third-order valence-electron chi connectivity index (χ3n) is 5.22. The molecule has 0 saturated carbocycles. The Balaban J connectivity index is 2.04. The first-order chi connectivity index (χ1) is 14.2. The topological polar surface area (TPSA) is 68.6 Å². The SMILES string of the molecule is Cc1nn(CC(F)(F)F)c(C)c1C(C)NC(C)CC1COCCN1C(=O)OC(C)(C)C. The lowest BCUT2D eigenvalue weighted by Crippen LogP contribution is -2.52. The van der Waals surface area contributed by atoms with E-state index in [2.05, 4.69) is 10.4 Å². The Labute approximate surface area is 182 Å². The van der Waals surface area contributed by atoms with E-state index >= 15 is 0 Å². The fourth-order valence-corrected chi connectivity index (χ4v) is 4.06. The van der Waals surface area contributed by atoms with Gasteiger partial charge in [0, 0.05) is 29.9 Å². The molecule has 1 N–H and O–H groups in total. The zero-order valence-corrected chi connectivity index (χ0v) is 19.5. The molecule has 3 atom stereocenters. The Morgan fingerprint density at radius 3 is 2.52 bits per heavy atom. The first-order valence-electron chi connectivity index (χ1n) is 10.6. The minimum absolute atomic E-state index is 0.0172. The number of ether oxygens (including phenoxy) is 2. The molecule has 3 unspecified atom stereocenters. The minimum Gasteiger partial charge on any atom is -0.444 e. The van der Waals surface area contributed by atoms with Crippen LogP contribution in [-0.2, 0) is 16.0 Å². The molecular formula is C21H35F3N4O3. The second-order valence-electron chi connectivity index (χ2n) is 9.28. The van der Waals surface area contributed by atoms with E-state index in [4.69, 9.17) is 9.47 Å². The van der Waals surface area contributed by atoms with E-state index in [0.717, 1.165) is 10.2 Å². The molecule has 178 valence electrons. The summed E-state index contributed by atoms with van der Waals surface area (Å²) in [4.78, 5) is 14.3. The van der Waals surface area contributed by atoms with E-state index in [9.17, 15) is 18.0 Å². The van der Waals surface area contributed by atoms with E-state index in [0.29, 0.717) is 37.6 Å². The monoisotopic (exact) mass is 448 g/mol. The normalized spacial score (nSPS) is 19.9. The molecule has 31 heavy (non-hydrogen) atoms. The van der Waals surface area contributed by atoms with Gasteiger partial charge in [-0.2, -0.15) is 18.3 Å². The molecule has 1 aliphatic heterocycles. The molecule has 0 spiro atoms. The number of hydrogen-bond acceptors (Lipinski definition) is 5. The maximum atomic E-state index is 12.8. The van der Waals surface area contributed by atoms with Crippen molar-refractivity contribution in [1.82, 2.24) is 20.0 Å². The van der Waals surface area contributed by atoms with Gasteiger partial charge in [0.1, 0.15) is 12.1 Å². The maximum Gasteiger partial charge on any atom is 0.410 e. The highest BCUT2D eigenvalue weighted by Gasteiger charge is 2.33. The minimum atomic E-state index is -4.32. The lowest BCUT2D eigenvalue weighted by atomic mass is 10.0. The lowest BCUT2D eigenvalue weighted by molar-refractivity contribution is -0.143. The van der Waals surface area contributed by atoms with Crippen molar-refractivity contribution >= 4 is 6.09 Å². The molecule has 2 heterocycles. The Morgan fingerprint density at radius 1 is 1.29 bits per heavy atom. The second-order valence-corrected chi connectivity index (χ2v) is 9.28. The standard InChI is InChI=1S/C21H35F3N4O3/c1-13(10-17-11-30-9-8-27(17)19(29)31-20(5,6)7)25-14(2)18-15(3)26-28(16(18)4)12-21(22,23)24/h13-14,17,25H,8-12H2,1-7H3. The number of nitrogens with one attached hydrogen (secondary N) is 1. The van der Waals surface area contributed by atoms with Crippen LogP contribution >= 0.6 is 0 Å². The van der Waals surface area contributed by atoms with E-state index < -0.39 is 18.3 Å². The van der Waals surface area contributed by atoms with Gasteiger partial charge in [0.25, 0.3) is 0 Å². The van der Waals surface area contributed by atoms with Gasteiger partial charge in [-0.3, -0.25) is 4.68 Å². The molecule has 0 aromatic carbocycles. The zero-order chi connectivity index (χ0) is 23.6. The van der Waals surface area contributed by atoms with Crippen LogP contribution < -0.4 is 5.32 Å². The summed E-state index contributed by atoms with van der Waals surface area (Å²) >= 11 is 0. The second kappa shape index (κ2) is 9.77. The van der Waals surface area contributed by atoms with Gasteiger partial charge in [0.2, 0.25) is 0 Å². The molecule has 10 heteroatoms. The number of alkyl halides is 3. The zero-order valence-electron chi connectivity index (χ0n) is 19.5. The number of carbonyl (C=O) groups is 1. The predicted octanol–water partition coefficient (Wildman–Crippen LogP) is 4.13. The molecule has 1 aromatic heterocycles. The number of morpholine rings is 1. The number of amides is 1. The number of aryl methyl sites for hydroxylation is 1. The van der Waals surface area contributed by atoms with Crippen molar-refractivity contribution in [3.63, 3.8) is 0 Å². The summed E-state index contributed by atoms with van der Waals surface area (Å²) in [7, 11) is 0. The number of nitrogens with zero attached hydrogens (tertiary/aromatic N) is 3. The van der Waals surface area contributed by atoms with E-state index in [-0.39, 0.29) is 24.2 Å². The number of rotatable bonds is 6. The summed E-state index contributed by atoms with van der Waals surface area (Å²) < 4.78 is 50.5. The third-order valence-corrected chi connectivity index (χ3v) is 5.22. The molecule has 1 fully saturated rings. The third kappa shape index (κ3) is 7.38. The lowest BCUT2D eigenvalue weighted by Gasteiger charge is -2.38. The van der Waals surface area contributed by atoms with E-state index in [1.165, 1.54) is 0 Å². The summed E-state index contributed by atoms with van der Waals surface area (Å²) in [5.74, 6) is 0. The molecule has 0 radical (unpaired) electrons. The first kappa shape index (κ1) is 25.5. The van der Waals surface area contributed by atoms with Crippen LogP contribution in [0, 0.1) is 13.8 Å². The quantitative estimate of drug-likeness (QED) is 0.709. The fourth-order valence-electron chi connectivity index (χ4n) is 4.06. The van der Waals surface area contributed by atoms with Crippen LogP contribution in [-0.4, -0.2) is 64.4 Å². The summed E-state index contributed by atoms with van der Waals surface area (Å²) in [6, 6.07) is -0.360. The predicted molar refractivity (Wildman–Crippen MR) is 111 cm³/mol. The average molecular weight is 449 g/mol. The Kier molecular flexibility index (Phi) is 8.02. The smallest absolute Gasteiger partial charge is 0.410 e. The molecule has 7 nitrogen and oxygen atoms in total. The Hall–Kier alpha value is -1.81. The van der Waals surface area contributed by atoms with Crippen LogP contribution in [0.15, 0.2) is 0 Å². The highest BCUT2D eigenvalue weighted by molar-refractivity contribution is 5.68. The van der Waals surface area contributed by atoms with Gasteiger partial charge in [-0.05, 0) is 54.9 Å². The summed E-state index contributed by atoms with van der Waals surface area (Å²) in [6.07, 6.45) is -4.06. The Morgan fingerprint density at radius 2 is 1.94 bits per heavy atom. The molecular weight excluding hydrogens is 413 g/mol. The van der Waals surface area contributed by atoms with Gasteiger partial charge in [-0.15, -0.1) is 0 Å². The van der Waals surface area contributed by atoms with Crippen molar-refractivity contribution in [2.75, 3.05) is 19.8 Å². The van der Waals surface area contributed by atoms with Crippen LogP contribution in [0.25, 0.3) is 0 Å². The van der Waals surface area contributed by atoms with Gasteiger partial charge in [-0.1, -0.05) is 0 Å². The van der Waals surface area contributed by atoms with Gasteiger partial charge < -0.3 is 19.7 Å². The van der Waals surface area contributed by atoms with Crippen LogP contribution in [0.2, 0.25) is 0 Å². The Bertz CT molecular complexity index is 758. The number of aromatic nitrogens is 2. The summed E-state index contributed by atoms with van der Waals surface area (Å²) in [5, 5.41) is 7.52. The molecule has 1 aromatic rings. The van der Waals surface area contributed by atoms with Crippen LogP contribution in [0.5, 0.6) is 0 Å². The maximum absolute atomic E-state index is 12.8. The van der Waals surface area contributed by atoms with Crippen molar-refractivity contribution in [3.8, 4) is 0 Å². The number of halogens is 3. The summed E-state index contributed by atoms with van der Waals surface area (Å²) in [5.41, 5.74) is 1.26. The van der Waals surface area contributed by atoms with Crippen molar-refractivity contribution in [2.45, 2.75) is 91.3 Å². The van der Waals surface area contributed by atoms with Crippen LogP contribution in [0.3, 0.4) is 0 Å². The van der Waals surface area contributed by atoms with Crippen LogP contribution in [0.1, 0.15) is 64.0 Å². The highest BCUT2D eigenvalue weighted by atomic mass is 19.4. The van der Waals surface area contributed by atoms with Gasteiger partial charge >= 0.3 is 12.3 Å². The summed E-state index contributed by atoms with van der Waals surface area (Å²) in [6.45, 7) is 13.0. The largest absolute Gasteiger partial charge is 0.444 e. The average Bonchev–Trinajstić information content (AvgIpc) is 2.85. The molecule has 1 amide bonds. The molecule has 1 saturated heterocycles. The van der Waals surface area contributed by atoms with Crippen molar-refractivity contribution in [1.29, 1.82) is 0 Å². The molecule has 2 rings (SSSR count). The van der Waals surface area contributed by atoms with Crippen molar-refractivity contribution < 1.29 is 27.4 Å². The molecule has 1 aliphatic rings. The molecule has 0 bridgehead atoms. The fraction of sp³-hybridized carbons (Fsp3) is 0.810. The van der Waals surface area contributed by atoms with Gasteiger partial charge in [0.15, 0.2) is 0 Å². The van der Waals surface area contributed by atoms with Gasteiger partial charge in [-0.25, -0.2) is 4.79 Å². The highest BCUT2D eigenvalue weighted by Crippen LogP contribution is 2.26. The van der Waals surface area contributed by atoms with Crippen molar-refractivity contribution in [2.24, 2.45) is 0 Å². The molecule has 0 aliphatic carbocycles. The van der Waals surface area contributed by atoms with E-state index in [1.54, 1.807) is 18.7 Å². The number of carbonyl (C=O) groups excluding carboxylic acids is 1. The van der Waals surface area contributed by atoms with E-state index in [1.807, 2.05) is 34.6 Å². The van der Waals surface area contributed by atoms with Crippen LogP contribution in [0.4, 0.5) is 18.0 Å². The number of hydrogen-bond donors (Lipinski definition) is 1. The van der Waals surface area contributed by atoms with Crippen molar-refractivity contribution in [3.05, 3.63) is 17.0 Å². The first-order valence-corrected chi connectivity index (χ1v) is 10.6.